The Balaban J connectivity index is 2.81. The van der Waals surface area contributed by atoms with Gasteiger partial charge in [-0.15, -0.1) is 0 Å². The number of carbonyl (C=O) groups is 1. The van der Waals surface area contributed by atoms with Crippen LogP contribution in [0.3, 0.4) is 0 Å². The fraction of sp³-hybridized carbons (Fsp3) is 0. The van der Waals surface area contributed by atoms with Crippen LogP contribution < -0.4 is 0 Å². The van der Waals surface area contributed by atoms with Gasteiger partial charge in [-0.2, -0.15) is 0 Å². The maximum absolute atomic E-state index is 10.8. The number of terminal acetylenes is 1. The minimum absolute atomic E-state index is 0.175. The van der Waals surface area contributed by atoms with Gasteiger partial charge in [0.25, 0.3) is 0 Å². The number of hydrogen-bond acceptors (Lipinski definition) is 3. The molecule has 0 aliphatic heterocycles. The third-order valence-corrected chi connectivity index (χ3v) is 1.48. The molecule has 0 atom stereocenters. The number of aliphatic hydroxyl groups excluding tert-OH is 1. The number of rotatable bonds is 2. The molecule has 1 N–H and O–H groups in total. The van der Waals surface area contributed by atoms with Crippen molar-refractivity contribution in [2.45, 2.75) is 0 Å². The standard InChI is InChI=1S/C11H8O3/c1-2-14-11(13)8-10(12)9-6-4-3-5-7-9/h1,3-8,12H/b10-8-. The zero-order valence-corrected chi connectivity index (χ0v) is 7.31. The van der Waals surface area contributed by atoms with Gasteiger partial charge in [0, 0.05) is 5.56 Å². The molecule has 1 aromatic carbocycles. The molecular formula is C11H8O3. The number of hydrogen-bond donors (Lipinski definition) is 1. The van der Waals surface area contributed by atoms with Crippen molar-refractivity contribution in [1.82, 2.24) is 0 Å². The summed E-state index contributed by atoms with van der Waals surface area (Å²) in [5, 5.41) is 9.41. The van der Waals surface area contributed by atoms with E-state index in [2.05, 4.69) is 4.74 Å². The minimum atomic E-state index is -0.770. The predicted octanol–water partition coefficient (Wildman–Crippen LogP) is 1.72. The highest BCUT2D eigenvalue weighted by Gasteiger charge is 2.02. The van der Waals surface area contributed by atoms with Gasteiger partial charge in [-0.05, 0) is 0 Å². The van der Waals surface area contributed by atoms with Gasteiger partial charge < -0.3 is 9.84 Å². The van der Waals surface area contributed by atoms with Gasteiger partial charge in [-0.25, -0.2) is 4.79 Å². The summed E-state index contributed by atoms with van der Waals surface area (Å²) in [5.74, 6) is -0.945. The topological polar surface area (TPSA) is 46.5 Å². The van der Waals surface area contributed by atoms with E-state index in [1.54, 1.807) is 36.4 Å². The molecule has 0 aliphatic carbocycles. The van der Waals surface area contributed by atoms with Crippen LogP contribution in [-0.2, 0) is 9.53 Å². The van der Waals surface area contributed by atoms with Crippen LogP contribution >= 0.6 is 0 Å². The Morgan fingerprint density at radius 1 is 1.43 bits per heavy atom. The van der Waals surface area contributed by atoms with Gasteiger partial charge in [0.15, 0.2) is 0 Å². The van der Waals surface area contributed by atoms with Crippen molar-refractivity contribution >= 4 is 11.7 Å². The van der Waals surface area contributed by atoms with E-state index >= 15 is 0 Å². The Kier molecular flexibility index (Phi) is 3.33. The molecule has 0 aliphatic rings. The predicted molar refractivity (Wildman–Crippen MR) is 52.0 cm³/mol. The lowest BCUT2D eigenvalue weighted by Crippen LogP contribution is -1.96. The molecule has 0 fully saturated rings. The number of esters is 1. The Labute approximate surface area is 81.6 Å². The van der Waals surface area contributed by atoms with Gasteiger partial charge in [-0.1, -0.05) is 36.8 Å². The lowest BCUT2D eigenvalue weighted by molar-refractivity contribution is -0.131. The van der Waals surface area contributed by atoms with Crippen LogP contribution in [0.25, 0.3) is 5.76 Å². The van der Waals surface area contributed by atoms with Crippen LogP contribution in [0, 0.1) is 12.5 Å². The van der Waals surface area contributed by atoms with Crippen molar-refractivity contribution in [3.05, 3.63) is 42.0 Å². The average Bonchev–Trinajstić information content (AvgIpc) is 2.19. The average molecular weight is 188 g/mol. The lowest BCUT2D eigenvalue weighted by Gasteiger charge is -1.97. The van der Waals surface area contributed by atoms with E-state index in [-0.39, 0.29) is 5.76 Å². The zero-order chi connectivity index (χ0) is 10.4. The van der Waals surface area contributed by atoms with Crippen LogP contribution in [0.4, 0.5) is 0 Å². The molecule has 0 saturated heterocycles. The summed E-state index contributed by atoms with van der Waals surface area (Å²) in [7, 11) is 0. The van der Waals surface area contributed by atoms with E-state index in [0.717, 1.165) is 6.08 Å². The normalized spacial score (nSPS) is 10.4. The fourth-order valence-corrected chi connectivity index (χ4v) is 0.891. The first-order valence-corrected chi connectivity index (χ1v) is 3.86. The Morgan fingerprint density at radius 3 is 2.64 bits per heavy atom. The second-order valence-corrected chi connectivity index (χ2v) is 2.43. The molecule has 14 heavy (non-hydrogen) atoms. The van der Waals surface area contributed by atoms with Crippen LogP contribution in [0.15, 0.2) is 36.4 Å². The van der Waals surface area contributed by atoms with E-state index in [0.29, 0.717) is 5.56 Å². The zero-order valence-electron chi connectivity index (χ0n) is 7.31. The van der Waals surface area contributed by atoms with Crippen molar-refractivity contribution in [3.63, 3.8) is 0 Å². The van der Waals surface area contributed by atoms with Crippen molar-refractivity contribution in [1.29, 1.82) is 0 Å². The molecule has 0 aromatic heterocycles. The summed E-state index contributed by atoms with van der Waals surface area (Å²) in [4.78, 5) is 10.8. The first kappa shape index (κ1) is 9.87. The molecule has 1 rings (SSSR count). The Hall–Kier alpha value is -2.21. The number of aliphatic hydroxyl groups is 1. The van der Waals surface area contributed by atoms with Crippen LogP contribution in [0.5, 0.6) is 0 Å². The molecule has 0 spiro atoms. The molecule has 70 valence electrons. The van der Waals surface area contributed by atoms with Crippen molar-refractivity contribution in [2.24, 2.45) is 0 Å². The summed E-state index contributed by atoms with van der Waals surface area (Å²) >= 11 is 0. The molecule has 3 nitrogen and oxygen atoms in total. The molecule has 0 unspecified atom stereocenters. The molecule has 1 aromatic rings. The summed E-state index contributed by atoms with van der Waals surface area (Å²) in [6, 6.07) is 8.61. The summed E-state index contributed by atoms with van der Waals surface area (Å²) in [5.41, 5.74) is 0.529. The molecule has 3 heteroatoms. The lowest BCUT2D eigenvalue weighted by atomic mass is 10.2. The van der Waals surface area contributed by atoms with Gasteiger partial charge in [0.05, 0.1) is 6.08 Å². The van der Waals surface area contributed by atoms with E-state index in [1.165, 1.54) is 0 Å². The maximum Gasteiger partial charge on any atom is 0.348 e. The number of carbonyl (C=O) groups excluding carboxylic acids is 1. The van der Waals surface area contributed by atoms with Crippen LogP contribution in [-0.4, -0.2) is 11.1 Å². The molecule has 0 amide bonds. The molecular weight excluding hydrogens is 180 g/mol. The highest BCUT2D eigenvalue weighted by molar-refractivity contribution is 5.89. The van der Waals surface area contributed by atoms with Crippen LogP contribution in [0.1, 0.15) is 5.56 Å². The summed E-state index contributed by atoms with van der Waals surface area (Å²) < 4.78 is 4.19. The molecule has 0 heterocycles. The smallest absolute Gasteiger partial charge is 0.348 e. The second-order valence-electron chi connectivity index (χ2n) is 2.43. The number of benzene rings is 1. The second kappa shape index (κ2) is 4.73. The third-order valence-electron chi connectivity index (χ3n) is 1.48. The van der Waals surface area contributed by atoms with Crippen LogP contribution in [0.2, 0.25) is 0 Å². The fourth-order valence-electron chi connectivity index (χ4n) is 0.891. The van der Waals surface area contributed by atoms with Crippen molar-refractivity contribution < 1.29 is 14.6 Å². The quantitative estimate of drug-likeness (QED) is 0.332. The Bertz CT molecular complexity index is 385. The van der Waals surface area contributed by atoms with Gasteiger partial charge >= 0.3 is 5.97 Å². The van der Waals surface area contributed by atoms with E-state index in [9.17, 15) is 9.90 Å². The maximum atomic E-state index is 10.8. The van der Waals surface area contributed by atoms with E-state index in [1.807, 2.05) is 0 Å². The van der Waals surface area contributed by atoms with Crippen molar-refractivity contribution in [2.75, 3.05) is 0 Å². The summed E-state index contributed by atoms with van der Waals surface area (Å²) in [6.07, 6.45) is 7.38. The highest BCUT2D eigenvalue weighted by Crippen LogP contribution is 2.09. The van der Waals surface area contributed by atoms with Gasteiger partial charge in [0.2, 0.25) is 0 Å². The summed E-state index contributed by atoms with van der Waals surface area (Å²) in [6.45, 7) is 0. The van der Waals surface area contributed by atoms with Crippen molar-refractivity contribution in [3.8, 4) is 12.5 Å². The van der Waals surface area contributed by atoms with Gasteiger partial charge in [-0.3, -0.25) is 0 Å². The molecule has 0 saturated carbocycles. The minimum Gasteiger partial charge on any atom is -0.507 e. The first-order chi connectivity index (χ1) is 6.74. The SMILES string of the molecule is C#COC(=O)/C=C(\O)c1ccccc1. The van der Waals surface area contributed by atoms with E-state index < -0.39 is 5.97 Å². The number of ether oxygens (including phenoxy) is 1. The van der Waals surface area contributed by atoms with E-state index in [4.69, 9.17) is 6.42 Å². The highest BCUT2D eigenvalue weighted by atomic mass is 16.5. The first-order valence-electron chi connectivity index (χ1n) is 3.86. The monoisotopic (exact) mass is 188 g/mol. The molecule has 0 radical (unpaired) electrons. The third kappa shape index (κ3) is 2.68. The Morgan fingerprint density at radius 2 is 2.07 bits per heavy atom. The van der Waals surface area contributed by atoms with Gasteiger partial charge in [0.1, 0.15) is 11.9 Å². The largest absolute Gasteiger partial charge is 0.507 e. The molecule has 0 bridgehead atoms.